The second-order valence-corrected chi connectivity index (χ2v) is 8.10. The third kappa shape index (κ3) is 4.01. The summed E-state index contributed by atoms with van der Waals surface area (Å²) < 4.78 is 20.6. The average Bonchev–Trinajstić information content (AvgIpc) is 3.20. The van der Waals surface area contributed by atoms with Crippen LogP contribution in [0.5, 0.6) is 5.88 Å². The Bertz CT molecular complexity index is 1160. The minimum atomic E-state index is -1.14. The molecule has 0 aliphatic carbocycles. The number of halogens is 1. The predicted molar refractivity (Wildman–Crippen MR) is 119 cm³/mol. The van der Waals surface area contributed by atoms with Gasteiger partial charge in [-0.1, -0.05) is 0 Å². The Morgan fingerprint density at radius 1 is 1.27 bits per heavy atom. The highest BCUT2D eigenvalue weighted by Gasteiger charge is 2.37. The van der Waals surface area contributed by atoms with E-state index in [0.717, 1.165) is 43.7 Å². The van der Waals surface area contributed by atoms with E-state index in [1.54, 1.807) is 30.0 Å². The van der Waals surface area contributed by atoms with Crippen LogP contribution in [0.15, 0.2) is 36.5 Å². The van der Waals surface area contributed by atoms with Crippen LogP contribution in [-0.2, 0) is 13.0 Å². The first-order valence-electron chi connectivity index (χ1n) is 10.7. The largest absolute Gasteiger partial charge is 0.481 e. The van der Waals surface area contributed by atoms with Crippen molar-refractivity contribution in [3.05, 3.63) is 53.7 Å². The zero-order valence-electron chi connectivity index (χ0n) is 18.1. The number of hydrogen-bond acceptors (Lipinski definition) is 7. The fraction of sp³-hybridized carbons (Fsp3) is 0.364. The SMILES string of the molecule is COc1ccc(-n2c(CNC(=O)O)nnc2N2CC(N3CCCc4cc(F)ccc43)C2)cn1. The fourth-order valence-electron chi connectivity index (χ4n) is 4.46. The molecule has 1 amide bonds. The van der Waals surface area contributed by atoms with Gasteiger partial charge in [0.2, 0.25) is 11.8 Å². The Morgan fingerprint density at radius 3 is 2.85 bits per heavy atom. The van der Waals surface area contributed by atoms with Crippen molar-refractivity contribution in [3.63, 3.8) is 0 Å². The van der Waals surface area contributed by atoms with E-state index in [1.165, 1.54) is 6.07 Å². The average molecular weight is 453 g/mol. The molecule has 1 aromatic carbocycles. The summed E-state index contributed by atoms with van der Waals surface area (Å²) >= 11 is 0. The van der Waals surface area contributed by atoms with E-state index >= 15 is 0 Å². The maximum absolute atomic E-state index is 13.7. The summed E-state index contributed by atoms with van der Waals surface area (Å²) in [6.07, 6.45) is 2.38. The number of rotatable bonds is 6. The quantitative estimate of drug-likeness (QED) is 0.585. The van der Waals surface area contributed by atoms with Gasteiger partial charge in [-0.05, 0) is 42.7 Å². The van der Waals surface area contributed by atoms with Gasteiger partial charge in [0, 0.05) is 31.4 Å². The summed E-state index contributed by atoms with van der Waals surface area (Å²) in [6, 6.07) is 8.85. The first kappa shape index (κ1) is 21.0. The number of nitrogens with zero attached hydrogens (tertiary/aromatic N) is 6. The molecule has 0 radical (unpaired) electrons. The van der Waals surface area contributed by atoms with Crippen LogP contribution in [0.2, 0.25) is 0 Å². The Labute approximate surface area is 189 Å². The minimum absolute atomic E-state index is 0.0106. The maximum Gasteiger partial charge on any atom is 0.405 e. The fourth-order valence-corrected chi connectivity index (χ4v) is 4.46. The number of fused-ring (bicyclic) bond motifs is 1. The zero-order chi connectivity index (χ0) is 22.9. The van der Waals surface area contributed by atoms with Crippen LogP contribution < -0.4 is 19.9 Å². The van der Waals surface area contributed by atoms with Gasteiger partial charge in [0.05, 0.1) is 31.6 Å². The van der Waals surface area contributed by atoms with Crippen molar-refractivity contribution in [3.8, 4) is 11.6 Å². The molecule has 10 nitrogen and oxygen atoms in total. The monoisotopic (exact) mass is 453 g/mol. The van der Waals surface area contributed by atoms with Gasteiger partial charge >= 0.3 is 6.09 Å². The molecule has 1 saturated heterocycles. The maximum atomic E-state index is 13.7. The smallest absolute Gasteiger partial charge is 0.405 e. The van der Waals surface area contributed by atoms with Crippen molar-refractivity contribution >= 4 is 17.7 Å². The number of ether oxygens (including phenoxy) is 1. The molecule has 0 atom stereocenters. The molecule has 0 spiro atoms. The van der Waals surface area contributed by atoms with E-state index in [4.69, 9.17) is 9.84 Å². The van der Waals surface area contributed by atoms with Gasteiger partial charge in [0.15, 0.2) is 5.82 Å². The molecule has 3 aromatic rings. The van der Waals surface area contributed by atoms with Gasteiger partial charge in [-0.25, -0.2) is 14.2 Å². The number of anilines is 2. The van der Waals surface area contributed by atoms with Crippen molar-refractivity contribution in [1.82, 2.24) is 25.1 Å². The lowest BCUT2D eigenvalue weighted by Gasteiger charge is -2.48. The van der Waals surface area contributed by atoms with Gasteiger partial charge in [-0.2, -0.15) is 0 Å². The summed E-state index contributed by atoms with van der Waals surface area (Å²) in [5, 5.41) is 19.9. The van der Waals surface area contributed by atoms with E-state index in [2.05, 4.69) is 30.3 Å². The van der Waals surface area contributed by atoms with Crippen LogP contribution in [0, 0.1) is 5.82 Å². The number of aromatic nitrogens is 4. The summed E-state index contributed by atoms with van der Waals surface area (Å²) in [5.41, 5.74) is 2.86. The van der Waals surface area contributed by atoms with Gasteiger partial charge in [-0.15, -0.1) is 10.2 Å². The first-order valence-corrected chi connectivity index (χ1v) is 10.7. The molecular weight excluding hydrogens is 429 g/mol. The van der Waals surface area contributed by atoms with Gasteiger partial charge in [0.1, 0.15) is 5.82 Å². The van der Waals surface area contributed by atoms with Crippen LogP contribution in [-0.4, -0.2) is 63.7 Å². The lowest BCUT2D eigenvalue weighted by atomic mass is 9.97. The molecule has 11 heteroatoms. The number of carboxylic acid groups (broad SMARTS) is 1. The molecule has 2 aromatic heterocycles. The number of aryl methyl sites for hydroxylation is 1. The molecule has 2 aliphatic rings. The summed E-state index contributed by atoms with van der Waals surface area (Å²) in [4.78, 5) is 19.7. The number of methoxy groups -OCH3 is 1. The highest BCUT2D eigenvalue weighted by atomic mass is 19.1. The lowest BCUT2D eigenvalue weighted by molar-refractivity contribution is 0.193. The van der Waals surface area contributed by atoms with Crippen LogP contribution in [0.3, 0.4) is 0 Å². The molecular formula is C22H24FN7O3. The van der Waals surface area contributed by atoms with E-state index in [0.29, 0.717) is 23.3 Å². The normalized spacial score (nSPS) is 15.7. The summed E-state index contributed by atoms with van der Waals surface area (Å²) in [6.45, 7) is 2.40. The topological polar surface area (TPSA) is 109 Å². The van der Waals surface area contributed by atoms with Gasteiger partial charge < -0.3 is 25.0 Å². The molecule has 2 N–H and O–H groups in total. The van der Waals surface area contributed by atoms with Crippen molar-refractivity contribution in [2.45, 2.75) is 25.4 Å². The molecule has 0 saturated carbocycles. The van der Waals surface area contributed by atoms with Crippen LogP contribution in [0.4, 0.5) is 20.8 Å². The molecule has 172 valence electrons. The Balaban J connectivity index is 1.39. The molecule has 2 aliphatic heterocycles. The number of pyridine rings is 1. The molecule has 5 rings (SSSR count). The van der Waals surface area contributed by atoms with E-state index in [9.17, 15) is 9.18 Å². The van der Waals surface area contributed by atoms with E-state index < -0.39 is 6.09 Å². The van der Waals surface area contributed by atoms with Crippen molar-refractivity contribution in [2.75, 3.05) is 36.5 Å². The predicted octanol–water partition coefficient (Wildman–Crippen LogP) is 2.22. The van der Waals surface area contributed by atoms with E-state index in [-0.39, 0.29) is 18.4 Å². The third-order valence-corrected chi connectivity index (χ3v) is 6.08. The molecule has 4 heterocycles. The Morgan fingerprint density at radius 2 is 2.12 bits per heavy atom. The second kappa shape index (κ2) is 8.57. The molecule has 0 unspecified atom stereocenters. The van der Waals surface area contributed by atoms with Crippen LogP contribution in [0.1, 0.15) is 17.8 Å². The summed E-state index contributed by atoms with van der Waals surface area (Å²) in [7, 11) is 1.54. The Hall–Kier alpha value is -3.89. The van der Waals surface area contributed by atoms with Gasteiger partial charge in [-0.3, -0.25) is 4.57 Å². The number of amides is 1. The van der Waals surface area contributed by atoms with Crippen molar-refractivity contribution in [2.24, 2.45) is 0 Å². The molecule has 33 heavy (non-hydrogen) atoms. The number of nitrogens with one attached hydrogen (secondary N) is 1. The molecule has 0 bridgehead atoms. The Kier molecular flexibility index (Phi) is 5.45. The number of carbonyl (C=O) groups is 1. The standard InChI is InChI=1S/C22H24FN7O3/c1-33-20-7-5-16(10-24-20)30-19(11-25-22(31)32)26-27-21(30)28-12-17(13-28)29-8-2-3-14-9-15(23)4-6-18(14)29/h4-7,9-10,17,25H,2-3,8,11-13H2,1H3,(H,31,32). The van der Waals surface area contributed by atoms with Crippen molar-refractivity contribution < 1.29 is 19.0 Å². The highest BCUT2D eigenvalue weighted by Crippen LogP contribution is 2.34. The summed E-state index contributed by atoms with van der Waals surface area (Å²) in [5.74, 6) is 1.36. The van der Waals surface area contributed by atoms with Crippen molar-refractivity contribution in [1.29, 1.82) is 0 Å². The number of benzene rings is 1. The molecule has 1 fully saturated rings. The number of hydrogen-bond donors (Lipinski definition) is 2. The lowest BCUT2D eigenvalue weighted by Crippen LogP contribution is -2.61. The third-order valence-electron chi connectivity index (χ3n) is 6.08. The van der Waals surface area contributed by atoms with Crippen LogP contribution >= 0.6 is 0 Å². The second-order valence-electron chi connectivity index (χ2n) is 8.10. The highest BCUT2D eigenvalue weighted by molar-refractivity contribution is 5.64. The minimum Gasteiger partial charge on any atom is -0.481 e. The van der Waals surface area contributed by atoms with Crippen LogP contribution in [0.25, 0.3) is 5.69 Å². The van der Waals surface area contributed by atoms with E-state index in [1.807, 2.05) is 12.1 Å². The zero-order valence-corrected chi connectivity index (χ0v) is 18.1. The van der Waals surface area contributed by atoms with Gasteiger partial charge in [0.25, 0.3) is 0 Å². The first-order chi connectivity index (χ1) is 16.0.